The van der Waals surface area contributed by atoms with E-state index in [0.29, 0.717) is 11.5 Å². The number of nitrogens with two attached hydrogens (primary N) is 1. The summed E-state index contributed by atoms with van der Waals surface area (Å²) in [7, 11) is 7.76. The number of hydrogen-bond acceptors (Lipinski definition) is 7. The molecule has 0 unspecified atom stereocenters. The summed E-state index contributed by atoms with van der Waals surface area (Å²) < 4.78 is 1.58. The highest BCUT2D eigenvalue weighted by Gasteiger charge is 2.18. The van der Waals surface area contributed by atoms with Crippen LogP contribution in [0.5, 0.6) is 0 Å². The lowest BCUT2D eigenvalue weighted by Gasteiger charge is -2.21. The molecule has 0 fully saturated rings. The van der Waals surface area contributed by atoms with Crippen LogP contribution in [0.2, 0.25) is 0 Å². The second-order valence-electron chi connectivity index (χ2n) is 11.4. The van der Waals surface area contributed by atoms with Crippen LogP contribution in [0.25, 0.3) is 11.1 Å². The van der Waals surface area contributed by atoms with Gasteiger partial charge in [-0.2, -0.15) is 0 Å². The van der Waals surface area contributed by atoms with Crippen molar-refractivity contribution in [2.24, 2.45) is 12.8 Å². The average Bonchev–Trinajstić information content (AvgIpc) is 3.24. The minimum atomic E-state index is -0.133. The van der Waals surface area contributed by atoms with Crippen LogP contribution < -0.4 is 21.9 Å². The largest absolute Gasteiger partial charge is 0.385 e. The lowest BCUT2D eigenvalue weighted by molar-refractivity contribution is 0.103. The Morgan fingerprint density at radius 2 is 1.81 bits per heavy atom. The maximum atomic E-state index is 13.2. The molecular formula is C33H44N6O2S. The lowest BCUT2D eigenvalue weighted by Crippen LogP contribution is -2.31. The Bertz CT molecular complexity index is 1520. The zero-order valence-corrected chi connectivity index (χ0v) is 26.5. The van der Waals surface area contributed by atoms with E-state index in [1.807, 2.05) is 82.5 Å². The van der Waals surface area contributed by atoms with E-state index in [4.69, 9.17) is 5.73 Å². The molecule has 2 heterocycles. The monoisotopic (exact) mass is 588 g/mol. The third kappa shape index (κ3) is 7.72. The second-order valence-corrected chi connectivity index (χ2v) is 12.5. The van der Waals surface area contributed by atoms with Crippen LogP contribution in [0.1, 0.15) is 51.9 Å². The summed E-state index contributed by atoms with van der Waals surface area (Å²) in [4.78, 5) is 32.5. The molecule has 3 aromatic rings. The van der Waals surface area contributed by atoms with Crippen LogP contribution in [-0.4, -0.2) is 54.5 Å². The van der Waals surface area contributed by atoms with E-state index in [1.165, 1.54) is 29.7 Å². The van der Waals surface area contributed by atoms with E-state index in [2.05, 4.69) is 21.6 Å². The van der Waals surface area contributed by atoms with Gasteiger partial charge in [0.2, 0.25) is 0 Å². The summed E-state index contributed by atoms with van der Waals surface area (Å²) in [5.74, 6) is 0.573. The normalized spacial score (nSPS) is 14.0. The molecule has 1 amide bonds. The SMILES string of the molecule is C/C(=C\C=C(/N)N(C)CCN(C)C)Nc1cc(-c2cccc(NC(=O)c3cc4c(s3)CCCCC4)c2C)cn(C)c1=O. The van der Waals surface area contributed by atoms with Crippen LogP contribution in [0.4, 0.5) is 11.4 Å². The average molecular weight is 589 g/mol. The van der Waals surface area contributed by atoms with Gasteiger partial charge >= 0.3 is 0 Å². The number of nitrogens with one attached hydrogen (secondary N) is 2. The molecule has 2 aromatic heterocycles. The fourth-order valence-corrected chi connectivity index (χ4v) is 6.22. The highest BCUT2D eigenvalue weighted by atomic mass is 32.1. The number of amides is 1. The number of aryl methyl sites for hydroxylation is 3. The molecular weight excluding hydrogens is 544 g/mol. The van der Waals surface area contributed by atoms with E-state index in [-0.39, 0.29) is 11.5 Å². The number of allylic oxidation sites excluding steroid dienone is 3. The summed E-state index contributed by atoms with van der Waals surface area (Å²) in [5, 5.41) is 6.39. The van der Waals surface area contributed by atoms with Gasteiger partial charge in [0, 0.05) is 55.2 Å². The van der Waals surface area contributed by atoms with Crippen LogP contribution in [0.3, 0.4) is 0 Å². The smallest absolute Gasteiger partial charge is 0.273 e. The van der Waals surface area contributed by atoms with Gasteiger partial charge in [-0.15, -0.1) is 11.3 Å². The number of carbonyl (C=O) groups excluding carboxylic acids is 1. The number of aromatic nitrogens is 1. The van der Waals surface area contributed by atoms with Crippen molar-refractivity contribution in [3.63, 3.8) is 0 Å². The van der Waals surface area contributed by atoms with Crippen molar-refractivity contribution in [2.75, 3.05) is 44.9 Å². The fraction of sp³-hybridized carbons (Fsp3) is 0.394. The zero-order valence-electron chi connectivity index (χ0n) is 25.7. The molecule has 1 aromatic carbocycles. The Kier molecular flexibility index (Phi) is 10.3. The van der Waals surface area contributed by atoms with Crippen LogP contribution in [0.15, 0.2) is 65.0 Å². The molecule has 1 aliphatic rings. The predicted octanol–water partition coefficient (Wildman–Crippen LogP) is 5.55. The molecule has 42 heavy (non-hydrogen) atoms. The molecule has 0 saturated carbocycles. The second kappa shape index (κ2) is 13.9. The van der Waals surface area contributed by atoms with E-state index in [0.717, 1.165) is 58.9 Å². The first-order valence-corrected chi connectivity index (χ1v) is 15.4. The summed E-state index contributed by atoms with van der Waals surface area (Å²) in [6.45, 7) is 5.61. The first-order chi connectivity index (χ1) is 20.0. The predicted molar refractivity (Wildman–Crippen MR) is 176 cm³/mol. The zero-order chi connectivity index (χ0) is 30.4. The molecule has 4 N–H and O–H groups in total. The standard InChI is InChI=1S/C33H44N6O2S/c1-22(15-16-31(34)38(5)18-17-37(3)4)35-28-19-25(21-39(6)33(28)41)26-12-10-13-27(23(26)2)36-32(40)30-20-24-11-8-7-9-14-29(24)42-30/h10,12-13,15-16,19-21,35H,7-9,11,14,17-18,34H2,1-6H3,(H,36,40)/b22-15+,31-16+. The van der Waals surface area contributed by atoms with Crippen molar-refractivity contribution in [1.82, 2.24) is 14.4 Å². The van der Waals surface area contributed by atoms with E-state index in [9.17, 15) is 9.59 Å². The molecule has 0 saturated heterocycles. The van der Waals surface area contributed by atoms with Crippen LogP contribution >= 0.6 is 11.3 Å². The van der Waals surface area contributed by atoms with Crippen molar-refractivity contribution in [3.8, 4) is 11.1 Å². The van der Waals surface area contributed by atoms with Crippen molar-refractivity contribution in [3.05, 3.63) is 91.4 Å². The minimum absolute atomic E-state index is 0.0726. The van der Waals surface area contributed by atoms with Crippen molar-refractivity contribution in [2.45, 2.75) is 46.0 Å². The molecule has 4 rings (SSSR count). The summed E-state index contributed by atoms with van der Waals surface area (Å²) >= 11 is 1.62. The first-order valence-electron chi connectivity index (χ1n) is 14.5. The third-order valence-corrected chi connectivity index (χ3v) is 8.94. The van der Waals surface area contributed by atoms with Gasteiger partial charge in [-0.1, -0.05) is 18.6 Å². The summed E-state index contributed by atoms with van der Waals surface area (Å²) in [5.41, 5.74) is 12.2. The van der Waals surface area contributed by atoms with Crippen LogP contribution in [0, 0.1) is 6.92 Å². The van der Waals surface area contributed by atoms with Crippen LogP contribution in [-0.2, 0) is 19.9 Å². The van der Waals surface area contributed by atoms with Crippen molar-refractivity contribution < 1.29 is 4.79 Å². The van der Waals surface area contributed by atoms with E-state index in [1.54, 1.807) is 23.0 Å². The number of fused-ring (bicyclic) bond motifs is 1. The van der Waals surface area contributed by atoms with E-state index < -0.39 is 0 Å². The number of rotatable bonds is 10. The maximum Gasteiger partial charge on any atom is 0.273 e. The van der Waals surface area contributed by atoms with Crippen molar-refractivity contribution in [1.29, 1.82) is 0 Å². The molecule has 0 bridgehead atoms. The van der Waals surface area contributed by atoms with Gasteiger partial charge in [0.25, 0.3) is 11.5 Å². The minimum Gasteiger partial charge on any atom is -0.385 e. The number of pyridine rings is 1. The Hall–Kier alpha value is -3.82. The summed E-state index contributed by atoms with van der Waals surface area (Å²) in [6, 6.07) is 9.81. The molecule has 224 valence electrons. The Labute approximate surface area is 253 Å². The van der Waals surface area contributed by atoms with Crippen molar-refractivity contribution >= 4 is 28.6 Å². The molecule has 8 nitrogen and oxygen atoms in total. The summed E-state index contributed by atoms with van der Waals surface area (Å²) in [6.07, 6.45) is 11.3. The number of hydrogen-bond donors (Lipinski definition) is 3. The van der Waals surface area contributed by atoms with Gasteiger partial charge in [0.05, 0.1) is 10.7 Å². The number of carbonyl (C=O) groups is 1. The molecule has 1 aliphatic carbocycles. The number of benzene rings is 1. The molecule has 0 radical (unpaired) electrons. The van der Waals surface area contributed by atoms with Gasteiger partial charge in [-0.05, 0) is 101 Å². The number of thiophene rings is 1. The third-order valence-electron chi connectivity index (χ3n) is 7.71. The molecule has 9 heteroatoms. The molecule has 0 aliphatic heterocycles. The first kappa shape index (κ1) is 31.1. The van der Waals surface area contributed by atoms with Gasteiger partial charge in [-0.3, -0.25) is 9.59 Å². The van der Waals surface area contributed by atoms with Gasteiger partial charge in [-0.25, -0.2) is 0 Å². The van der Waals surface area contributed by atoms with E-state index >= 15 is 0 Å². The lowest BCUT2D eigenvalue weighted by atomic mass is 10.00. The topological polar surface area (TPSA) is 95.6 Å². The fourth-order valence-electron chi connectivity index (χ4n) is 5.07. The Morgan fingerprint density at radius 3 is 2.57 bits per heavy atom. The van der Waals surface area contributed by atoms with Gasteiger partial charge in [0.15, 0.2) is 0 Å². The van der Waals surface area contributed by atoms with Gasteiger partial charge < -0.3 is 30.7 Å². The number of nitrogens with zero attached hydrogens (tertiary/aromatic N) is 3. The highest BCUT2D eigenvalue weighted by Crippen LogP contribution is 2.32. The Balaban J connectivity index is 1.53. The Morgan fingerprint density at radius 1 is 1.05 bits per heavy atom. The molecule has 0 atom stereocenters. The number of anilines is 2. The highest BCUT2D eigenvalue weighted by molar-refractivity contribution is 7.14. The maximum absolute atomic E-state index is 13.2. The quantitative estimate of drug-likeness (QED) is 0.212. The molecule has 0 spiro atoms. The van der Waals surface area contributed by atoms with Gasteiger partial charge in [0.1, 0.15) is 5.69 Å². The number of likely N-dealkylation sites (N-methyl/N-ethyl adjacent to an activating group) is 2.